The van der Waals surface area contributed by atoms with Gasteiger partial charge in [-0.15, -0.1) is 0 Å². The second-order valence-electron chi connectivity index (χ2n) is 11.0. The average molecular weight is 475 g/mol. The third kappa shape index (κ3) is 6.34. The van der Waals surface area contributed by atoms with Gasteiger partial charge < -0.3 is 9.47 Å². The fourth-order valence-electron chi connectivity index (χ4n) is 6.69. The summed E-state index contributed by atoms with van der Waals surface area (Å²) in [5.41, 5.74) is 0.477. The van der Waals surface area contributed by atoms with Gasteiger partial charge in [0.15, 0.2) is 11.6 Å². The quantitative estimate of drug-likeness (QED) is 0.356. The highest BCUT2D eigenvalue weighted by atomic mass is 19.2. The van der Waals surface area contributed by atoms with Gasteiger partial charge in [0, 0.05) is 5.92 Å². The highest BCUT2D eigenvalue weighted by Crippen LogP contribution is 2.41. The van der Waals surface area contributed by atoms with Crippen LogP contribution < -0.4 is 4.74 Å². The Kier molecular flexibility index (Phi) is 9.31. The molecule has 2 nitrogen and oxygen atoms in total. The molecule has 1 aliphatic heterocycles. The van der Waals surface area contributed by atoms with Gasteiger partial charge >= 0.3 is 0 Å². The van der Waals surface area contributed by atoms with Gasteiger partial charge in [-0.25, -0.2) is 4.39 Å². The monoisotopic (exact) mass is 474 g/mol. The van der Waals surface area contributed by atoms with Crippen LogP contribution in [-0.4, -0.2) is 13.2 Å². The maximum absolute atomic E-state index is 14.4. The first-order valence-electron chi connectivity index (χ1n) is 14.0. The molecule has 4 heteroatoms. The molecule has 190 valence electrons. The molecule has 4 rings (SSSR count). The summed E-state index contributed by atoms with van der Waals surface area (Å²) in [7, 11) is 0. The number of ether oxygens (including phenoxy) is 2. The summed E-state index contributed by atoms with van der Waals surface area (Å²) in [6.45, 7) is 5.31. The van der Waals surface area contributed by atoms with Crippen LogP contribution in [-0.2, 0) is 11.2 Å². The molecular formula is C30H44F2O2. The molecule has 0 radical (unpaired) electrons. The molecule has 2 aliphatic carbocycles. The van der Waals surface area contributed by atoms with Gasteiger partial charge in [-0.1, -0.05) is 38.7 Å². The average Bonchev–Trinajstić information content (AvgIpc) is 2.88. The minimum atomic E-state index is -0.846. The van der Waals surface area contributed by atoms with E-state index in [-0.39, 0.29) is 5.75 Å². The van der Waals surface area contributed by atoms with Gasteiger partial charge in [-0.3, -0.25) is 0 Å². The Balaban J connectivity index is 1.19. The van der Waals surface area contributed by atoms with E-state index in [9.17, 15) is 8.78 Å². The first-order valence-corrected chi connectivity index (χ1v) is 14.0. The van der Waals surface area contributed by atoms with Crippen molar-refractivity contribution in [2.24, 2.45) is 29.6 Å². The lowest BCUT2D eigenvalue weighted by Crippen LogP contribution is -2.29. The first-order chi connectivity index (χ1) is 16.6. The van der Waals surface area contributed by atoms with Gasteiger partial charge in [0.2, 0.25) is 5.82 Å². The van der Waals surface area contributed by atoms with Crippen LogP contribution in [0.4, 0.5) is 8.78 Å². The molecule has 0 saturated heterocycles. The second kappa shape index (κ2) is 12.4. The Labute approximate surface area is 205 Å². The molecule has 0 spiro atoms. The molecule has 0 aromatic heterocycles. The van der Waals surface area contributed by atoms with Crippen LogP contribution >= 0.6 is 0 Å². The van der Waals surface area contributed by atoms with Crippen molar-refractivity contribution in [2.45, 2.75) is 97.3 Å². The van der Waals surface area contributed by atoms with E-state index in [0.717, 1.165) is 24.9 Å². The maximum Gasteiger partial charge on any atom is 0.200 e. The normalized spacial score (nSPS) is 29.9. The van der Waals surface area contributed by atoms with E-state index < -0.39 is 11.6 Å². The second-order valence-corrected chi connectivity index (χ2v) is 11.0. The number of hydrogen-bond donors (Lipinski definition) is 0. The third-order valence-corrected chi connectivity index (χ3v) is 8.84. The van der Waals surface area contributed by atoms with Crippen LogP contribution in [0.2, 0.25) is 0 Å². The van der Waals surface area contributed by atoms with E-state index >= 15 is 0 Å². The molecular weight excluding hydrogens is 430 g/mol. The Morgan fingerprint density at radius 3 is 2.21 bits per heavy atom. The van der Waals surface area contributed by atoms with Gasteiger partial charge in [-0.2, -0.15) is 4.39 Å². The van der Waals surface area contributed by atoms with Crippen molar-refractivity contribution < 1.29 is 18.3 Å². The van der Waals surface area contributed by atoms with Crippen molar-refractivity contribution in [2.75, 3.05) is 13.2 Å². The highest BCUT2D eigenvalue weighted by Gasteiger charge is 2.32. The van der Waals surface area contributed by atoms with E-state index in [1.807, 2.05) is 0 Å². The maximum atomic E-state index is 14.4. The number of halogens is 2. The summed E-state index contributed by atoms with van der Waals surface area (Å²) < 4.78 is 40.0. The number of aryl methyl sites for hydroxylation is 1. The fraction of sp³-hybridized carbons (Fsp3) is 0.733. The summed E-state index contributed by atoms with van der Waals surface area (Å²) in [5, 5.41) is 0. The standard InChI is InChI=1S/C30H44F2O2/c1-3-5-21-8-13-24(14-9-21)27-18-17-26(20-34-27)23-11-6-22(7-12-23)10-15-25-16-19-28(33-4-2)30(32)29(25)31/h16,18-19,21-24,26H,3-15,17,20H2,1-2H3. The van der Waals surface area contributed by atoms with E-state index in [0.29, 0.717) is 36.3 Å². The van der Waals surface area contributed by atoms with E-state index in [1.165, 1.54) is 76.4 Å². The molecule has 1 aromatic rings. The molecule has 3 aliphatic rings. The van der Waals surface area contributed by atoms with Crippen molar-refractivity contribution in [3.05, 3.63) is 41.2 Å². The van der Waals surface area contributed by atoms with Crippen LogP contribution in [0.25, 0.3) is 0 Å². The summed E-state index contributed by atoms with van der Waals surface area (Å²) in [4.78, 5) is 0. The SMILES string of the molecule is CCCC1CCC(C2=CCC(C3CCC(CCc4ccc(OCC)c(F)c4F)CC3)CO2)CC1. The predicted octanol–water partition coefficient (Wildman–Crippen LogP) is 8.63. The lowest BCUT2D eigenvalue weighted by atomic mass is 9.73. The number of hydrogen-bond acceptors (Lipinski definition) is 2. The molecule has 2 fully saturated rings. The lowest BCUT2D eigenvalue weighted by molar-refractivity contribution is 0.0640. The molecule has 0 bridgehead atoms. The smallest absolute Gasteiger partial charge is 0.200 e. The van der Waals surface area contributed by atoms with Crippen LogP contribution in [0.5, 0.6) is 5.75 Å². The predicted molar refractivity (Wildman–Crippen MR) is 134 cm³/mol. The fourth-order valence-corrected chi connectivity index (χ4v) is 6.69. The van der Waals surface area contributed by atoms with Crippen molar-refractivity contribution >= 4 is 0 Å². The van der Waals surface area contributed by atoms with Crippen molar-refractivity contribution in [1.82, 2.24) is 0 Å². The van der Waals surface area contributed by atoms with E-state index in [4.69, 9.17) is 9.47 Å². The topological polar surface area (TPSA) is 18.5 Å². The number of allylic oxidation sites excluding steroid dienone is 2. The van der Waals surface area contributed by atoms with E-state index in [2.05, 4.69) is 13.0 Å². The zero-order valence-corrected chi connectivity index (χ0v) is 21.3. The molecule has 0 amide bonds. The molecule has 34 heavy (non-hydrogen) atoms. The first kappa shape index (κ1) is 25.5. The van der Waals surface area contributed by atoms with Gasteiger partial charge in [0.1, 0.15) is 0 Å². The Morgan fingerprint density at radius 2 is 1.56 bits per heavy atom. The summed E-state index contributed by atoms with van der Waals surface area (Å²) >= 11 is 0. The number of benzene rings is 1. The van der Waals surface area contributed by atoms with Crippen molar-refractivity contribution in [1.29, 1.82) is 0 Å². The van der Waals surface area contributed by atoms with Crippen LogP contribution in [0.3, 0.4) is 0 Å². The van der Waals surface area contributed by atoms with Crippen LogP contribution in [0, 0.1) is 41.2 Å². The van der Waals surface area contributed by atoms with Gasteiger partial charge in [-0.05, 0) is 106 Å². The Hall–Kier alpha value is -1.58. The molecule has 0 N–H and O–H groups in total. The largest absolute Gasteiger partial charge is 0.498 e. The molecule has 1 atom stereocenters. The van der Waals surface area contributed by atoms with Crippen LogP contribution in [0.1, 0.15) is 96.5 Å². The van der Waals surface area contributed by atoms with E-state index in [1.54, 1.807) is 19.1 Å². The van der Waals surface area contributed by atoms with Crippen molar-refractivity contribution in [3.8, 4) is 5.75 Å². The summed E-state index contributed by atoms with van der Waals surface area (Å²) in [6.07, 6.45) is 18.1. The highest BCUT2D eigenvalue weighted by molar-refractivity contribution is 5.31. The lowest BCUT2D eigenvalue weighted by Gasteiger charge is -2.37. The zero-order chi connectivity index (χ0) is 23.9. The molecule has 1 unspecified atom stereocenters. The summed E-state index contributed by atoms with van der Waals surface area (Å²) in [6, 6.07) is 3.25. The zero-order valence-electron chi connectivity index (χ0n) is 21.3. The number of rotatable bonds is 9. The molecule has 1 heterocycles. The molecule has 1 aromatic carbocycles. The third-order valence-electron chi connectivity index (χ3n) is 8.84. The Bertz CT molecular complexity index is 804. The molecule has 2 saturated carbocycles. The van der Waals surface area contributed by atoms with Crippen LogP contribution in [0.15, 0.2) is 24.0 Å². The minimum absolute atomic E-state index is 0.0142. The van der Waals surface area contributed by atoms with Gasteiger partial charge in [0.25, 0.3) is 0 Å². The minimum Gasteiger partial charge on any atom is -0.498 e. The Morgan fingerprint density at radius 1 is 0.853 bits per heavy atom. The van der Waals surface area contributed by atoms with Gasteiger partial charge in [0.05, 0.1) is 19.0 Å². The summed E-state index contributed by atoms with van der Waals surface area (Å²) in [5.74, 6) is 3.34. The van der Waals surface area contributed by atoms with Crippen molar-refractivity contribution in [3.63, 3.8) is 0 Å².